The van der Waals surface area contributed by atoms with Gasteiger partial charge in [-0.05, 0) is 25.0 Å². The molecule has 0 spiro atoms. The van der Waals surface area contributed by atoms with Crippen LogP contribution >= 0.6 is 12.4 Å². The molecular weight excluding hydrogens is 340 g/mol. The smallest absolute Gasteiger partial charge is 0.261 e. The van der Waals surface area contributed by atoms with E-state index in [1.165, 1.54) is 10.9 Å². The molecule has 0 aliphatic heterocycles. The predicted molar refractivity (Wildman–Crippen MR) is 103 cm³/mol. The van der Waals surface area contributed by atoms with E-state index in [1.54, 1.807) is 6.07 Å². The number of nitrogens with one attached hydrogen (secondary N) is 1. The van der Waals surface area contributed by atoms with Crippen LogP contribution in [0.5, 0.6) is 0 Å². The van der Waals surface area contributed by atoms with E-state index in [0.717, 1.165) is 24.8 Å². The molecule has 1 unspecified atom stereocenters. The lowest BCUT2D eigenvalue weighted by atomic mass is 10.1. The summed E-state index contributed by atoms with van der Waals surface area (Å²) in [5.74, 6) is -0.0854. The Kier molecular flexibility index (Phi) is 8.58. The molecule has 6 nitrogen and oxygen atoms in total. The van der Waals surface area contributed by atoms with Crippen molar-refractivity contribution in [2.24, 2.45) is 5.73 Å². The van der Waals surface area contributed by atoms with Crippen molar-refractivity contribution in [2.45, 2.75) is 52.1 Å². The monoisotopic (exact) mass is 366 g/mol. The molecule has 1 heterocycles. The number of unbranched alkanes of at least 4 members (excludes halogenated alkanes) is 1. The maximum Gasteiger partial charge on any atom is 0.261 e. The van der Waals surface area contributed by atoms with Crippen LogP contribution < -0.4 is 16.6 Å². The number of para-hydroxylation sites is 1. The third-order valence-corrected chi connectivity index (χ3v) is 4.19. The van der Waals surface area contributed by atoms with Gasteiger partial charge >= 0.3 is 0 Å². The second-order valence-corrected chi connectivity index (χ2v) is 6.11. The second-order valence-electron chi connectivity index (χ2n) is 6.11. The van der Waals surface area contributed by atoms with Crippen molar-refractivity contribution in [1.82, 2.24) is 14.9 Å². The summed E-state index contributed by atoms with van der Waals surface area (Å²) in [4.78, 5) is 28.9. The average Bonchev–Trinajstić information content (AvgIpc) is 2.58. The first-order chi connectivity index (χ1) is 11.6. The first kappa shape index (κ1) is 21.1. The molecule has 2 aromatic rings. The van der Waals surface area contributed by atoms with Crippen LogP contribution in [0.1, 0.15) is 38.2 Å². The number of rotatable bonds is 8. The maximum absolute atomic E-state index is 12.5. The normalized spacial score (nSPS) is 11.8. The van der Waals surface area contributed by atoms with Crippen molar-refractivity contribution in [3.63, 3.8) is 0 Å². The topological polar surface area (TPSA) is 90.0 Å². The largest absolute Gasteiger partial charge is 0.352 e. The van der Waals surface area contributed by atoms with E-state index in [9.17, 15) is 9.59 Å². The minimum atomic E-state index is -0.113. The summed E-state index contributed by atoms with van der Waals surface area (Å²) < 4.78 is 1.49. The Bertz CT molecular complexity index is 760. The Hall–Kier alpha value is -1.92. The van der Waals surface area contributed by atoms with Crippen molar-refractivity contribution in [2.75, 3.05) is 6.54 Å². The number of amides is 1. The molecule has 0 saturated heterocycles. The van der Waals surface area contributed by atoms with Crippen LogP contribution in [0.4, 0.5) is 0 Å². The van der Waals surface area contributed by atoms with Crippen LogP contribution in [0.15, 0.2) is 29.3 Å². The standard InChI is InChI=1S/C18H26N4O2.ClH/c1-3-4-7-14(11-19)21-16(23)9-10-22-12-20-17-13(2)6-5-8-15(17)18(22)24;/h5-6,8,12,14H,3-4,7,9-11,19H2,1-2H3,(H,21,23);1H. The van der Waals surface area contributed by atoms with Crippen molar-refractivity contribution < 1.29 is 4.79 Å². The van der Waals surface area contributed by atoms with E-state index in [4.69, 9.17) is 5.73 Å². The maximum atomic E-state index is 12.5. The third kappa shape index (κ3) is 5.54. The van der Waals surface area contributed by atoms with Crippen LogP contribution in [-0.4, -0.2) is 28.0 Å². The van der Waals surface area contributed by atoms with Crippen LogP contribution in [0.3, 0.4) is 0 Å². The Labute approximate surface area is 154 Å². The number of aromatic nitrogens is 2. The quantitative estimate of drug-likeness (QED) is 0.749. The van der Waals surface area contributed by atoms with Gasteiger partial charge in [0.05, 0.1) is 17.2 Å². The van der Waals surface area contributed by atoms with Crippen LogP contribution in [0.25, 0.3) is 10.9 Å². The molecule has 0 saturated carbocycles. The number of benzene rings is 1. The highest BCUT2D eigenvalue weighted by Crippen LogP contribution is 2.11. The minimum absolute atomic E-state index is 0. The SMILES string of the molecule is CCCCC(CN)NC(=O)CCn1cnc2c(C)cccc2c1=O.Cl. The number of halogens is 1. The zero-order chi connectivity index (χ0) is 17.5. The zero-order valence-corrected chi connectivity index (χ0v) is 15.6. The van der Waals surface area contributed by atoms with Crippen LogP contribution in [0, 0.1) is 6.92 Å². The Morgan fingerprint density at radius 3 is 2.84 bits per heavy atom. The summed E-state index contributed by atoms with van der Waals surface area (Å²) in [6.07, 6.45) is 4.75. The van der Waals surface area contributed by atoms with E-state index >= 15 is 0 Å². The minimum Gasteiger partial charge on any atom is -0.352 e. The fourth-order valence-corrected chi connectivity index (χ4v) is 2.72. The van der Waals surface area contributed by atoms with E-state index in [2.05, 4.69) is 17.2 Å². The van der Waals surface area contributed by atoms with E-state index < -0.39 is 0 Å². The molecule has 3 N–H and O–H groups in total. The summed E-state index contributed by atoms with van der Waals surface area (Å²) in [5, 5.41) is 3.52. The molecule has 0 radical (unpaired) electrons. The molecule has 7 heteroatoms. The first-order valence-electron chi connectivity index (χ1n) is 8.51. The van der Waals surface area contributed by atoms with Gasteiger partial charge in [-0.2, -0.15) is 0 Å². The van der Waals surface area contributed by atoms with Gasteiger partial charge in [-0.1, -0.05) is 31.9 Å². The summed E-state index contributed by atoms with van der Waals surface area (Å²) in [7, 11) is 0. The molecule has 0 aliphatic rings. The molecular formula is C18H27ClN4O2. The molecule has 0 bridgehead atoms. The molecule has 138 valence electrons. The van der Waals surface area contributed by atoms with Gasteiger partial charge < -0.3 is 11.1 Å². The van der Waals surface area contributed by atoms with Gasteiger partial charge in [-0.15, -0.1) is 12.4 Å². The molecule has 1 aromatic carbocycles. The highest BCUT2D eigenvalue weighted by molar-refractivity contribution is 5.85. The highest BCUT2D eigenvalue weighted by Gasteiger charge is 2.11. The fraction of sp³-hybridized carbons (Fsp3) is 0.500. The van der Waals surface area contributed by atoms with Crippen molar-refractivity contribution in [3.8, 4) is 0 Å². The predicted octanol–water partition coefficient (Wildman–Crippen LogP) is 2.15. The van der Waals surface area contributed by atoms with Crippen LogP contribution in [-0.2, 0) is 11.3 Å². The van der Waals surface area contributed by atoms with Crippen molar-refractivity contribution in [3.05, 3.63) is 40.4 Å². The van der Waals surface area contributed by atoms with Gasteiger partial charge in [0, 0.05) is 25.6 Å². The summed E-state index contributed by atoms with van der Waals surface area (Å²) in [6.45, 7) is 4.78. The first-order valence-corrected chi connectivity index (χ1v) is 8.51. The van der Waals surface area contributed by atoms with Crippen LogP contribution in [0.2, 0.25) is 0 Å². The number of aryl methyl sites for hydroxylation is 2. The Morgan fingerprint density at radius 2 is 2.16 bits per heavy atom. The number of hydrogen-bond acceptors (Lipinski definition) is 4. The number of fused-ring (bicyclic) bond motifs is 1. The van der Waals surface area contributed by atoms with Gasteiger partial charge in [0.15, 0.2) is 0 Å². The van der Waals surface area contributed by atoms with Crippen molar-refractivity contribution >= 4 is 29.2 Å². The van der Waals surface area contributed by atoms with Gasteiger partial charge in [0.25, 0.3) is 5.56 Å². The van der Waals surface area contributed by atoms with Crippen molar-refractivity contribution in [1.29, 1.82) is 0 Å². The van der Waals surface area contributed by atoms with E-state index in [1.807, 2.05) is 19.1 Å². The fourth-order valence-electron chi connectivity index (χ4n) is 2.72. The van der Waals surface area contributed by atoms with E-state index in [-0.39, 0.29) is 36.3 Å². The molecule has 0 fully saturated rings. The van der Waals surface area contributed by atoms with Gasteiger partial charge in [-0.25, -0.2) is 4.98 Å². The molecule has 0 aliphatic carbocycles. The van der Waals surface area contributed by atoms with Gasteiger partial charge in [0.1, 0.15) is 0 Å². The number of nitrogens with two attached hydrogens (primary N) is 1. The Balaban J connectivity index is 0.00000312. The summed E-state index contributed by atoms with van der Waals surface area (Å²) in [6, 6.07) is 5.54. The lowest BCUT2D eigenvalue weighted by Crippen LogP contribution is -2.40. The summed E-state index contributed by atoms with van der Waals surface area (Å²) in [5.41, 5.74) is 7.26. The molecule has 25 heavy (non-hydrogen) atoms. The lowest BCUT2D eigenvalue weighted by Gasteiger charge is -2.16. The molecule has 1 amide bonds. The number of carbonyl (C=O) groups is 1. The average molecular weight is 367 g/mol. The summed E-state index contributed by atoms with van der Waals surface area (Å²) >= 11 is 0. The lowest BCUT2D eigenvalue weighted by molar-refractivity contribution is -0.122. The third-order valence-electron chi connectivity index (χ3n) is 4.19. The number of nitrogens with zero attached hydrogens (tertiary/aromatic N) is 2. The Morgan fingerprint density at radius 1 is 1.40 bits per heavy atom. The van der Waals surface area contributed by atoms with E-state index in [0.29, 0.717) is 24.0 Å². The number of carbonyl (C=O) groups excluding carboxylic acids is 1. The zero-order valence-electron chi connectivity index (χ0n) is 14.8. The molecule has 1 atom stereocenters. The molecule has 1 aromatic heterocycles. The highest BCUT2D eigenvalue weighted by atomic mass is 35.5. The van der Waals surface area contributed by atoms with Gasteiger partial charge in [0.2, 0.25) is 5.91 Å². The number of hydrogen-bond donors (Lipinski definition) is 2. The molecule has 2 rings (SSSR count). The second kappa shape index (κ2) is 10.2. The van der Waals surface area contributed by atoms with Gasteiger partial charge in [-0.3, -0.25) is 14.2 Å².